The zero-order valence-corrected chi connectivity index (χ0v) is 24.7. The molecule has 1 heterocycles. The molecule has 41 heavy (non-hydrogen) atoms. The van der Waals surface area contributed by atoms with Crippen LogP contribution in [-0.4, -0.2) is 73.8 Å². The summed E-state index contributed by atoms with van der Waals surface area (Å²) >= 11 is 0. The van der Waals surface area contributed by atoms with Gasteiger partial charge in [-0.15, -0.1) is 0 Å². The quantitative estimate of drug-likeness (QED) is 0.525. The lowest BCUT2D eigenvalue weighted by atomic mass is 9.90. The third-order valence-corrected chi connectivity index (χ3v) is 6.73. The molecule has 0 fully saturated rings. The number of carbonyl (C=O) groups excluding carboxylic acids is 4. The Kier molecular flexibility index (Phi) is 9.52. The number of amides is 2. The Hall–Kier alpha value is -4.28. The highest BCUT2D eigenvalue weighted by Gasteiger charge is 2.35. The molecule has 11 heteroatoms. The fraction of sp³-hybridized carbons (Fsp3) is 0.467. The van der Waals surface area contributed by atoms with Crippen LogP contribution < -0.4 is 14.8 Å². The number of nitrogens with one attached hydrogen (secondary N) is 1. The van der Waals surface area contributed by atoms with Gasteiger partial charge in [0.15, 0.2) is 17.3 Å². The van der Waals surface area contributed by atoms with E-state index < -0.39 is 47.4 Å². The number of esters is 1. The van der Waals surface area contributed by atoms with Gasteiger partial charge in [0.05, 0.1) is 21.3 Å². The summed E-state index contributed by atoms with van der Waals surface area (Å²) in [6.45, 7) is 6.72. The van der Waals surface area contributed by atoms with Crippen molar-refractivity contribution in [2.45, 2.75) is 58.2 Å². The molecule has 11 nitrogen and oxygen atoms in total. The van der Waals surface area contributed by atoms with Crippen molar-refractivity contribution < 1.29 is 43.2 Å². The number of likely N-dealkylation sites (N-methyl/N-ethyl adjacent to an activating group) is 1. The standard InChI is InChI=1S/C30H38N2O9/c1-16-11-22(33)25(32(5)29(37)41-30(2,3)4)18-9-10-24(38-6)19(15-18)20-12-17(14-23(34)26(20)39-7)13-21(28(36)40-8)31-27(16)35/h9-10,12,14-16,21,25,34H,11,13H2,1-8H3,(H,31,35)/t16-,21+,25+/m1/s1. The average molecular weight is 571 g/mol. The van der Waals surface area contributed by atoms with Crippen molar-refractivity contribution in [3.05, 3.63) is 41.5 Å². The second-order valence-electron chi connectivity index (χ2n) is 11.0. The number of Topliss-reactive ketones (excluding diaryl/α,β-unsaturated/α-hetero) is 1. The summed E-state index contributed by atoms with van der Waals surface area (Å²) in [6, 6.07) is 5.90. The van der Waals surface area contributed by atoms with Crippen LogP contribution in [0.3, 0.4) is 0 Å². The van der Waals surface area contributed by atoms with Gasteiger partial charge < -0.3 is 29.4 Å². The molecule has 2 aromatic carbocycles. The molecule has 0 aliphatic carbocycles. The van der Waals surface area contributed by atoms with E-state index in [1.807, 2.05) is 0 Å². The molecule has 2 aromatic rings. The van der Waals surface area contributed by atoms with Gasteiger partial charge in [0, 0.05) is 36.9 Å². The van der Waals surface area contributed by atoms with Gasteiger partial charge in [0.1, 0.15) is 23.4 Å². The number of rotatable bonds is 4. The minimum absolute atomic E-state index is 0.00432. The van der Waals surface area contributed by atoms with Crippen LogP contribution >= 0.6 is 0 Å². The third kappa shape index (κ3) is 7.08. The van der Waals surface area contributed by atoms with Crippen molar-refractivity contribution in [2.24, 2.45) is 5.92 Å². The van der Waals surface area contributed by atoms with Crippen LogP contribution in [0.15, 0.2) is 30.3 Å². The fourth-order valence-corrected chi connectivity index (χ4v) is 4.77. The van der Waals surface area contributed by atoms with E-state index in [9.17, 15) is 24.3 Å². The summed E-state index contributed by atoms with van der Waals surface area (Å²) in [7, 11) is 5.53. The van der Waals surface area contributed by atoms with Crippen LogP contribution in [0.1, 0.15) is 51.3 Å². The van der Waals surface area contributed by atoms with E-state index in [1.165, 1.54) is 39.3 Å². The van der Waals surface area contributed by atoms with E-state index in [2.05, 4.69) is 5.32 Å². The van der Waals surface area contributed by atoms with Crippen molar-refractivity contribution in [3.63, 3.8) is 0 Å². The molecule has 2 amide bonds. The smallest absolute Gasteiger partial charge is 0.410 e. The van der Waals surface area contributed by atoms with Crippen molar-refractivity contribution in [3.8, 4) is 28.4 Å². The van der Waals surface area contributed by atoms with E-state index in [4.69, 9.17) is 18.9 Å². The molecule has 0 saturated carbocycles. The Morgan fingerprint density at radius 1 is 1.00 bits per heavy atom. The number of phenolic OH excluding ortho intramolecular Hbond substituents is 1. The second kappa shape index (κ2) is 12.5. The molecule has 0 saturated heterocycles. The number of methoxy groups -OCH3 is 3. The lowest BCUT2D eigenvalue weighted by Crippen LogP contribution is -2.46. The van der Waals surface area contributed by atoms with Crippen LogP contribution in [0, 0.1) is 5.92 Å². The first-order chi connectivity index (χ1) is 19.2. The monoisotopic (exact) mass is 570 g/mol. The number of phenols is 1. The lowest BCUT2D eigenvalue weighted by molar-refractivity contribution is -0.145. The first-order valence-electron chi connectivity index (χ1n) is 13.2. The normalized spacial score (nSPS) is 19.4. The molecular weight excluding hydrogens is 532 g/mol. The number of hydrogen-bond acceptors (Lipinski definition) is 9. The Morgan fingerprint density at radius 2 is 1.68 bits per heavy atom. The molecule has 1 aliphatic heterocycles. The molecule has 3 atom stereocenters. The van der Waals surface area contributed by atoms with Crippen LogP contribution in [0.25, 0.3) is 11.1 Å². The molecule has 1 aliphatic rings. The molecule has 2 N–H and O–H groups in total. The molecule has 4 bridgehead atoms. The highest BCUT2D eigenvalue weighted by molar-refractivity contribution is 5.94. The predicted octanol–water partition coefficient (Wildman–Crippen LogP) is 3.79. The van der Waals surface area contributed by atoms with Crippen LogP contribution in [0.2, 0.25) is 0 Å². The first-order valence-corrected chi connectivity index (χ1v) is 13.2. The summed E-state index contributed by atoms with van der Waals surface area (Å²) in [4.78, 5) is 53.9. The summed E-state index contributed by atoms with van der Waals surface area (Å²) < 4.78 is 21.6. The minimum Gasteiger partial charge on any atom is -0.504 e. The highest BCUT2D eigenvalue weighted by atomic mass is 16.6. The van der Waals surface area contributed by atoms with Gasteiger partial charge in [0.2, 0.25) is 5.91 Å². The van der Waals surface area contributed by atoms with Gasteiger partial charge in [-0.3, -0.25) is 14.5 Å². The fourth-order valence-electron chi connectivity index (χ4n) is 4.77. The van der Waals surface area contributed by atoms with Gasteiger partial charge in [0.25, 0.3) is 0 Å². The SMILES string of the molecule is COC(=O)[C@@H]1Cc2cc(O)c(OC)c(c2)-c2cc(ccc2OC)[C@H](N(C)C(=O)OC(C)(C)C)C(=O)C[C@@H](C)C(=O)N1. The molecule has 222 valence electrons. The van der Waals surface area contributed by atoms with Crippen molar-refractivity contribution in [2.75, 3.05) is 28.4 Å². The van der Waals surface area contributed by atoms with Gasteiger partial charge in [-0.2, -0.15) is 0 Å². The van der Waals surface area contributed by atoms with Crippen molar-refractivity contribution in [1.29, 1.82) is 0 Å². The maximum atomic E-state index is 13.8. The highest BCUT2D eigenvalue weighted by Crippen LogP contribution is 2.44. The number of carbonyl (C=O) groups is 4. The van der Waals surface area contributed by atoms with Crippen molar-refractivity contribution in [1.82, 2.24) is 10.2 Å². The maximum absolute atomic E-state index is 13.8. The average Bonchev–Trinajstić information content (AvgIpc) is 2.90. The maximum Gasteiger partial charge on any atom is 0.410 e. The summed E-state index contributed by atoms with van der Waals surface area (Å²) in [5.41, 5.74) is 1.00. The molecule has 0 spiro atoms. The van der Waals surface area contributed by atoms with Gasteiger partial charge in [-0.25, -0.2) is 9.59 Å². The molecule has 0 unspecified atom stereocenters. The summed E-state index contributed by atoms with van der Waals surface area (Å²) in [5, 5.41) is 13.6. The largest absolute Gasteiger partial charge is 0.504 e. The lowest BCUT2D eigenvalue weighted by Gasteiger charge is -2.31. The molecule has 3 rings (SSSR count). The van der Waals surface area contributed by atoms with Crippen molar-refractivity contribution >= 4 is 23.8 Å². The van der Waals surface area contributed by atoms with E-state index in [0.717, 1.165) is 0 Å². The number of aromatic hydroxyl groups is 1. The van der Waals surface area contributed by atoms with Gasteiger partial charge >= 0.3 is 12.1 Å². The van der Waals surface area contributed by atoms with Crippen LogP contribution in [0.4, 0.5) is 4.79 Å². The zero-order valence-electron chi connectivity index (χ0n) is 24.7. The van der Waals surface area contributed by atoms with Crippen LogP contribution in [-0.2, 0) is 30.3 Å². The van der Waals surface area contributed by atoms with Gasteiger partial charge in [-0.05, 0) is 56.2 Å². The second-order valence-corrected chi connectivity index (χ2v) is 11.0. The van der Waals surface area contributed by atoms with Gasteiger partial charge in [-0.1, -0.05) is 13.0 Å². The molecule has 0 aromatic heterocycles. The first kappa shape index (κ1) is 31.3. The third-order valence-electron chi connectivity index (χ3n) is 6.73. The molecule has 0 radical (unpaired) electrons. The summed E-state index contributed by atoms with van der Waals surface area (Å²) in [5.74, 6) is -2.17. The predicted molar refractivity (Wildman–Crippen MR) is 150 cm³/mol. The number of ether oxygens (including phenoxy) is 4. The summed E-state index contributed by atoms with van der Waals surface area (Å²) in [6.07, 6.45) is -0.960. The Bertz CT molecular complexity index is 1330. The number of ketones is 1. The van der Waals surface area contributed by atoms with Crippen LogP contribution in [0.5, 0.6) is 17.2 Å². The Labute approximate surface area is 239 Å². The number of nitrogens with zero attached hydrogens (tertiary/aromatic N) is 1. The zero-order chi connectivity index (χ0) is 30.6. The molecular formula is C30H38N2O9. The van der Waals surface area contributed by atoms with E-state index in [0.29, 0.717) is 28.0 Å². The Balaban J connectivity index is 2.31. The number of hydrogen-bond donors (Lipinski definition) is 2. The van der Waals surface area contributed by atoms with E-state index in [1.54, 1.807) is 52.0 Å². The van der Waals surface area contributed by atoms with E-state index in [-0.39, 0.29) is 24.3 Å². The topological polar surface area (TPSA) is 141 Å². The Morgan fingerprint density at radius 3 is 2.27 bits per heavy atom. The van der Waals surface area contributed by atoms with E-state index >= 15 is 0 Å². The minimum atomic E-state index is -1.13. The number of benzene rings is 2. The number of fused-ring (bicyclic) bond motifs is 5.